The fraction of sp³-hybridized carbons (Fsp3) is 0. The van der Waals surface area contributed by atoms with Crippen LogP contribution in [0.15, 0.2) is 133 Å². The third-order valence-electron chi connectivity index (χ3n) is 8.87. The van der Waals surface area contributed by atoms with Crippen LogP contribution in [-0.2, 0) is 0 Å². The fourth-order valence-electron chi connectivity index (χ4n) is 6.83. The largest absolute Gasteiger partial charge is 0.247 e. The van der Waals surface area contributed by atoms with E-state index in [0.717, 1.165) is 33.5 Å². The van der Waals surface area contributed by atoms with Gasteiger partial charge in [-0.2, -0.15) is 0 Å². The van der Waals surface area contributed by atoms with Crippen molar-refractivity contribution in [2.45, 2.75) is 0 Å². The Labute approximate surface area is 260 Å². The lowest BCUT2D eigenvalue weighted by atomic mass is 9.96. The van der Waals surface area contributed by atoms with Gasteiger partial charge in [0.1, 0.15) is 0 Å². The van der Waals surface area contributed by atoms with Crippen molar-refractivity contribution in [3.63, 3.8) is 0 Å². The second kappa shape index (κ2) is 9.17. The van der Waals surface area contributed by atoms with Crippen LogP contribution in [0.4, 0.5) is 0 Å². The molecule has 4 heteroatoms. The molecule has 0 aliphatic carbocycles. The van der Waals surface area contributed by atoms with Gasteiger partial charge in [-0.3, -0.25) is 0 Å². The van der Waals surface area contributed by atoms with E-state index in [1.165, 1.54) is 61.9 Å². The average Bonchev–Trinajstić information content (AvgIpc) is 3.67. The molecule has 4 aromatic heterocycles. The first-order chi connectivity index (χ1) is 21.8. The molecule has 0 atom stereocenters. The van der Waals surface area contributed by atoms with Gasteiger partial charge in [-0.1, -0.05) is 109 Å². The molecule has 4 heterocycles. The predicted molar refractivity (Wildman–Crippen MR) is 191 cm³/mol. The zero-order chi connectivity index (χ0) is 28.8. The number of nitrogens with zero attached hydrogens (tertiary/aromatic N) is 2. The molecule has 0 bridgehead atoms. The molecule has 44 heavy (non-hydrogen) atoms. The van der Waals surface area contributed by atoms with E-state index in [0.29, 0.717) is 0 Å². The molecule has 0 saturated heterocycles. The van der Waals surface area contributed by atoms with Gasteiger partial charge >= 0.3 is 0 Å². The van der Waals surface area contributed by atoms with Crippen molar-refractivity contribution in [1.82, 2.24) is 9.97 Å². The molecule has 0 N–H and O–H groups in total. The third kappa shape index (κ3) is 3.41. The normalized spacial score (nSPS) is 12.1. The third-order valence-corrected chi connectivity index (χ3v) is 11.2. The molecule has 0 spiro atoms. The van der Waals surface area contributed by atoms with Crippen LogP contribution in [0.2, 0.25) is 0 Å². The summed E-state index contributed by atoms with van der Waals surface area (Å²) in [6, 6.07) is 47.9. The molecule has 10 rings (SSSR count). The van der Waals surface area contributed by atoms with Gasteiger partial charge in [0.15, 0.2) is 0 Å². The molecule has 10 aromatic rings. The lowest BCUT2D eigenvalue weighted by Crippen LogP contribution is -1.90. The molecule has 0 saturated carbocycles. The summed E-state index contributed by atoms with van der Waals surface area (Å²) in [5.41, 5.74) is 6.39. The molecule has 2 nitrogen and oxygen atoms in total. The fourth-order valence-corrected chi connectivity index (χ4v) is 9.32. The molecule has 0 radical (unpaired) electrons. The predicted octanol–water partition coefficient (Wildman–Crippen LogP) is 12.0. The van der Waals surface area contributed by atoms with Crippen LogP contribution in [0, 0.1) is 0 Å². The van der Waals surface area contributed by atoms with E-state index in [1.807, 2.05) is 22.7 Å². The van der Waals surface area contributed by atoms with Crippen molar-refractivity contribution in [1.29, 1.82) is 0 Å². The summed E-state index contributed by atoms with van der Waals surface area (Å²) in [5, 5.41) is 9.98. The highest BCUT2D eigenvalue weighted by atomic mass is 32.1. The minimum Gasteiger partial charge on any atom is -0.247 e. The number of thiophene rings is 2. The highest BCUT2D eigenvalue weighted by Crippen LogP contribution is 2.47. The van der Waals surface area contributed by atoms with Crippen molar-refractivity contribution in [3.8, 4) is 22.5 Å². The van der Waals surface area contributed by atoms with Gasteiger partial charge in [0.2, 0.25) is 0 Å². The van der Waals surface area contributed by atoms with Gasteiger partial charge in [-0.25, -0.2) is 9.97 Å². The Morgan fingerprint density at radius 1 is 0.364 bits per heavy atom. The maximum Gasteiger partial charge on any atom is 0.0903 e. The standard InChI is InChI=1S/C40H22N2S2/c1-2-11-27-25(9-1)26-10-3-4-12-28(26)37-29(27)21-22-32(41-37)23-17-19-24(20-18-23)36-39-35(30-13-5-7-15-33(30)43-39)40-38(42-36)31-14-6-8-16-34(31)44-40/h1-22H. The Bertz CT molecular complexity index is 2730. The summed E-state index contributed by atoms with van der Waals surface area (Å²) in [4.78, 5) is 10.6. The maximum absolute atomic E-state index is 5.37. The van der Waals surface area contributed by atoms with Crippen LogP contribution in [0.25, 0.3) is 95.4 Å². The molecule has 6 aromatic carbocycles. The lowest BCUT2D eigenvalue weighted by Gasteiger charge is -2.11. The van der Waals surface area contributed by atoms with Crippen molar-refractivity contribution in [2.24, 2.45) is 0 Å². The number of hydrogen-bond donors (Lipinski definition) is 0. The number of fused-ring (bicyclic) bond motifs is 13. The van der Waals surface area contributed by atoms with Crippen molar-refractivity contribution in [3.05, 3.63) is 133 Å². The first kappa shape index (κ1) is 24.3. The SMILES string of the molecule is c1ccc2c(c1)sc1c2nc(-c2ccc(-c3ccc4c5ccccc5c5ccccc5c4n3)cc2)c2sc3ccccc3c21. The molecule has 0 unspecified atom stereocenters. The van der Waals surface area contributed by atoms with Gasteiger partial charge in [-0.15, -0.1) is 22.7 Å². The molecule has 0 fully saturated rings. The number of aromatic nitrogens is 2. The maximum atomic E-state index is 5.37. The molecule has 0 amide bonds. The summed E-state index contributed by atoms with van der Waals surface area (Å²) in [6.07, 6.45) is 0. The highest BCUT2D eigenvalue weighted by Gasteiger charge is 2.19. The van der Waals surface area contributed by atoms with E-state index < -0.39 is 0 Å². The number of hydrogen-bond acceptors (Lipinski definition) is 4. The van der Waals surface area contributed by atoms with Crippen LogP contribution in [0.3, 0.4) is 0 Å². The summed E-state index contributed by atoms with van der Waals surface area (Å²) in [7, 11) is 0. The zero-order valence-corrected chi connectivity index (χ0v) is 25.0. The number of pyridine rings is 2. The van der Waals surface area contributed by atoms with Crippen LogP contribution in [0.1, 0.15) is 0 Å². The van der Waals surface area contributed by atoms with Crippen molar-refractivity contribution in [2.75, 3.05) is 0 Å². The van der Waals surface area contributed by atoms with Crippen molar-refractivity contribution < 1.29 is 0 Å². The van der Waals surface area contributed by atoms with E-state index in [9.17, 15) is 0 Å². The van der Waals surface area contributed by atoms with Gasteiger partial charge in [0, 0.05) is 47.5 Å². The van der Waals surface area contributed by atoms with Crippen LogP contribution >= 0.6 is 22.7 Å². The Kier molecular flexibility index (Phi) is 5.06. The van der Waals surface area contributed by atoms with E-state index in [4.69, 9.17) is 9.97 Å². The first-order valence-corrected chi connectivity index (χ1v) is 16.4. The van der Waals surface area contributed by atoms with E-state index in [2.05, 4.69) is 133 Å². The summed E-state index contributed by atoms with van der Waals surface area (Å²) in [5.74, 6) is 0. The van der Waals surface area contributed by atoms with E-state index in [1.54, 1.807) is 0 Å². The van der Waals surface area contributed by atoms with Gasteiger partial charge in [-0.05, 0) is 40.4 Å². The molecule has 0 aliphatic heterocycles. The Morgan fingerprint density at radius 2 is 0.886 bits per heavy atom. The smallest absolute Gasteiger partial charge is 0.0903 e. The minimum atomic E-state index is 0.976. The quantitative estimate of drug-likeness (QED) is 0.186. The van der Waals surface area contributed by atoms with Gasteiger partial charge in [0.25, 0.3) is 0 Å². The molecule has 0 aliphatic rings. The Hall–Kier alpha value is -5.16. The van der Waals surface area contributed by atoms with Gasteiger partial charge in [0.05, 0.1) is 31.8 Å². The lowest BCUT2D eigenvalue weighted by molar-refractivity contribution is 1.41. The Morgan fingerprint density at radius 3 is 1.61 bits per heavy atom. The van der Waals surface area contributed by atoms with Crippen LogP contribution in [-0.4, -0.2) is 9.97 Å². The second-order valence-corrected chi connectivity index (χ2v) is 13.4. The van der Waals surface area contributed by atoms with E-state index >= 15 is 0 Å². The summed E-state index contributed by atoms with van der Waals surface area (Å²) < 4.78 is 5.10. The highest BCUT2D eigenvalue weighted by molar-refractivity contribution is 7.30. The number of benzene rings is 6. The molecular weight excluding hydrogens is 573 g/mol. The second-order valence-electron chi connectivity index (χ2n) is 11.3. The molecule has 204 valence electrons. The van der Waals surface area contributed by atoms with Gasteiger partial charge < -0.3 is 0 Å². The van der Waals surface area contributed by atoms with Crippen LogP contribution < -0.4 is 0 Å². The minimum absolute atomic E-state index is 0.976. The van der Waals surface area contributed by atoms with Crippen LogP contribution in [0.5, 0.6) is 0 Å². The molecular formula is C40H22N2S2. The first-order valence-electron chi connectivity index (χ1n) is 14.8. The van der Waals surface area contributed by atoms with Crippen molar-refractivity contribution >= 4 is 95.6 Å². The Balaban J connectivity index is 1.17. The monoisotopic (exact) mass is 594 g/mol. The summed E-state index contributed by atoms with van der Waals surface area (Å²) in [6.45, 7) is 0. The number of rotatable bonds is 2. The van der Waals surface area contributed by atoms with E-state index in [-0.39, 0.29) is 0 Å². The average molecular weight is 595 g/mol. The topological polar surface area (TPSA) is 25.8 Å². The zero-order valence-electron chi connectivity index (χ0n) is 23.4. The summed E-state index contributed by atoms with van der Waals surface area (Å²) >= 11 is 3.70.